The summed E-state index contributed by atoms with van der Waals surface area (Å²) in [5.74, 6) is 2.54. The smallest absolute Gasteiger partial charge is 0.338 e. The fourth-order valence-corrected chi connectivity index (χ4v) is 7.96. The molecule has 0 radical (unpaired) electrons. The van der Waals surface area contributed by atoms with Crippen molar-refractivity contribution in [3.05, 3.63) is 54.2 Å². The number of piperidine rings is 1. The van der Waals surface area contributed by atoms with Gasteiger partial charge < -0.3 is 14.4 Å². The molecule has 0 aliphatic carbocycles. The Bertz CT molecular complexity index is 1450. The average molecular weight is 598 g/mol. The number of nitrogens with zero attached hydrogens (tertiary/aromatic N) is 3. The Labute approximate surface area is 247 Å². The number of ether oxygens (including phenoxy) is 2. The van der Waals surface area contributed by atoms with Crippen molar-refractivity contribution < 1.29 is 22.7 Å². The summed E-state index contributed by atoms with van der Waals surface area (Å²) in [6.45, 7) is 8.38. The largest absolute Gasteiger partial charge is 0.494 e. The van der Waals surface area contributed by atoms with Crippen LogP contribution in [0.5, 0.6) is 5.75 Å². The zero-order valence-corrected chi connectivity index (χ0v) is 25.5. The van der Waals surface area contributed by atoms with Crippen molar-refractivity contribution >= 4 is 44.2 Å². The van der Waals surface area contributed by atoms with E-state index >= 15 is 0 Å². The molecule has 10 heteroatoms. The van der Waals surface area contributed by atoms with Gasteiger partial charge >= 0.3 is 5.97 Å². The van der Waals surface area contributed by atoms with E-state index in [2.05, 4.69) is 21.7 Å². The van der Waals surface area contributed by atoms with Crippen LogP contribution >= 0.6 is 11.8 Å². The second-order valence-corrected chi connectivity index (χ2v) is 13.6. The SMILES string of the molecule is CCCCOc1ccc(S(=O)(=O)c2cnc3ccc(C(=O)OCC)cc3c2N2CCC(N3CCSCC3)CC2)cc1. The standard InChI is InChI=1S/C31H39N3O5S2/c1-3-5-18-39-25-7-9-26(10-8-25)41(36,37)29-22-32-28-11-6-23(31(35)38-4-2)21-27(28)30(29)34-14-12-24(13-15-34)33-16-19-40-20-17-33/h6-11,21-22,24H,3-5,12-20H2,1-2H3. The minimum absolute atomic E-state index is 0.151. The van der Waals surface area contributed by atoms with E-state index in [0.29, 0.717) is 40.6 Å². The Morgan fingerprint density at radius 1 is 1.02 bits per heavy atom. The molecule has 0 unspecified atom stereocenters. The van der Waals surface area contributed by atoms with E-state index in [4.69, 9.17) is 9.47 Å². The van der Waals surface area contributed by atoms with E-state index in [1.54, 1.807) is 49.4 Å². The highest BCUT2D eigenvalue weighted by Crippen LogP contribution is 2.38. The molecule has 2 aliphatic rings. The maximum atomic E-state index is 14.1. The number of hydrogen-bond acceptors (Lipinski definition) is 9. The number of sulfone groups is 1. The molecule has 2 saturated heterocycles. The molecule has 3 aromatic rings. The van der Waals surface area contributed by atoms with E-state index in [-0.39, 0.29) is 16.4 Å². The van der Waals surface area contributed by atoms with E-state index < -0.39 is 15.8 Å². The summed E-state index contributed by atoms with van der Waals surface area (Å²) in [7, 11) is -3.92. The summed E-state index contributed by atoms with van der Waals surface area (Å²) in [5.41, 5.74) is 1.63. The van der Waals surface area contributed by atoms with Gasteiger partial charge in [0.25, 0.3) is 0 Å². The second-order valence-electron chi connectivity index (χ2n) is 10.5. The lowest BCUT2D eigenvalue weighted by Gasteiger charge is -2.41. The molecular weight excluding hydrogens is 558 g/mol. The first-order chi connectivity index (χ1) is 19.9. The molecule has 2 aliphatic heterocycles. The predicted octanol–water partition coefficient (Wildman–Crippen LogP) is 5.44. The van der Waals surface area contributed by atoms with Crippen LogP contribution in [0.2, 0.25) is 0 Å². The summed E-state index contributed by atoms with van der Waals surface area (Å²) >= 11 is 2.01. The number of carbonyl (C=O) groups is 1. The Balaban J connectivity index is 1.53. The van der Waals surface area contributed by atoms with Crippen LogP contribution in [0.3, 0.4) is 0 Å². The van der Waals surface area contributed by atoms with Crippen LogP contribution in [0, 0.1) is 0 Å². The molecule has 0 amide bonds. The van der Waals surface area contributed by atoms with Crippen molar-refractivity contribution in [3.63, 3.8) is 0 Å². The van der Waals surface area contributed by atoms with Crippen molar-refractivity contribution in [2.24, 2.45) is 0 Å². The number of benzene rings is 2. The number of fused-ring (bicyclic) bond motifs is 1. The predicted molar refractivity (Wildman–Crippen MR) is 164 cm³/mol. The fraction of sp³-hybridized carbons (Fsp3) is 0.484. The van der Waals surface area contributed by atoms with Gasteiger partial charge in [-0.3, -0.25) is 9.88 Å². The minimum Gasteiger partial charge on any atom is -0.494 e. The van der Waals surface area contributed by atoms with Crippen molar-refractivity contribution in [1.29, 1.82) is 0 Å². The summed E-state index contributed by atoms with van der Waals surface area (Å²) in [4.78, 5) is 22.3. The third-order valence-electron chi connectivity index (χ3n) is 7.85. The minimum atomic E-state index is -3.92. The van der Waals surface area contributed by atoms with Crippen LogP contribution in [0.25, 0.3) is 10.9 Å². The number of unbranched alkanes of at least 4 members (excludes halogenated alkanes) is 1. The van der Waals surface area contributed by atoms with Gasteiger partial charge in [-0.25, -0.2) is 13.2 Å². The molecule has 3 heterocycles. The van der Waals surface area contributed by atoms with Gasteiger partial charge in [-0.2, -0.15) is 11.8 Å². The molecule has 220 valence electrons. The highest BCUT2D eigenvalue weighted by atomic mass is 32.2. The Morgan fingerprint density at radius 2 is 1.76 bits per heavy atom. The molecule has 2 fully saturated rings. The summed E-state index contributed by atoms with van der Waals surface area (Å²) in [5, 5.41) is 0.643. The summed E-state index contributed by atoms with van der Waals surface area (Å²) < 4.78 is 39.3. The lowest BCUT2D eigenvalue weighted by atomic mass is 10.0. The zero-order chi connectivity index (χ0) is 28.8. The first kappa shape index (κ1) is 29.7. The lowest BCUT2D eigenvalue weighted by Crippen LogP contribution is -2.48. The van der Waals surface area contributed by atoms with Gasteiger partial charge in [0, 0.05) is 55.3 Å². The number of esters is 1. The number of carbonyl (C=O) groups excluding carboxylic acids is 1. The third kappa shape index (κ3) is 6.65. The molecule has 5 rings (SSSR count). The van der Waals surface area contributed by atoms with Crippen LogP contribution in [-0.2, 0) is 14.6 Å². The quantitative estimate of drug-likeness (QED) is 0.224. The van der Waals surface area contributed by atoms with Gasteiger partial charge in [0.05, 0.1) is 34.9 Å². The molecular formula is C31H39N3O5S2. The molecule has 41 heavy (non-hydrogen) atoms. The lowest BCUT2D eigenvalue weighted by molar-refractivity contribution is 0.0526. The van der Waals surface area contributed by atoms with Crippen molar-refractivity contribution in [3.8, 4) is 5.75 Å². The molecule has 8 nitrogen and oxygen atoms in total. The van der Waals surface area contributed by atoms with Crippen LogP contribution in [0.4, 0.5) is 5.69 Å². The van der Waals surface area contributed by atoms with E-state index in [9.17, 15) is 13.2 Å². The molecule has 1 aromatic heterocycles. The summed E-state index contributed by atoms with van der Waals surface area (Å²) in [6.07, 6.45) is 5.34. The summed E-state index contributed by atoms with van der Waals surface area (Å²) in [6, 6.07) is 12.3. The number of aromatic nitrogens is 1. The maximum absolute atomic E-state index is 14.1. The highest BCUT2D eigenvalue weighted by Gasteiger charge is 2.31. The topological polar surface area (TPSA) is 89.0 Å². The van der Waals surface area contributed by atoms with Gasteiger partial charge in [-0.15, -0.1) is 0 Å². The Kier molecular flexibility index (Phi) is 9.72. The van der Waals surface area contributed by atoms with Crippen molar-refractivity contribution in [2.45, 2.75) is 55.4 Å². The average Bonchev–Trinajstić information content (AvgIpc) is 3.01. The number of hydrogen-bond donors (Lipinski definition) is 0. The van der Waals surface area contributed by atoms with E-state index in [1.807, 2.05) is 11.8 Å². The first-order valence-electron chi connectivity index (χ1n) is 14.6. The van der Waals surface area contributed by atoms with Crippen LogP contribution in [0.15, 0.2) is 58.5 Å². The van der Waals surface area contributed by atoms with E-state index in [0.717, 1.165) is 63.4 Å². The highest BCUT2D eigenvalue weighted by molar-refractivity contribution is 7.99. The maximum Gasteiger partial charge on any atom is 0.338 e. The van der Waals surface area contributed by atoms with Gasteiger partial charge in [-0.05, 0) is 68.7 Å². The molecule has 0 atom stereocenters. The Hall–Kier alpha value is -2.82. The fourth-order valence-electron chi connectivity index (χ4n) is 5.60. The van der Waals surface area contributed by atoms with Gasteiger partial charge in [-0.1, -0.05) is 13.3 Å². The van der Waals surface area contributed by atoms with Gasteiger partial charge in [0.1, 0.15) is 10.6 Å². The normalized spacial score (nSPS) is 17.1. The molecule has 0 saturated carbocycles. The number of pyridine rings is 1. The Morgan fingerprint density at radius 3 is 2.44 bits per heavy atom. The van der Waals surface area contributed by atoms with Crippen LogP contribution in [0.1, 0.15) is 49.9 Å². The van der Waals surface area contributed by atoms with E-state index in [1.165, 1.54) is 6.20 Å². The number of anilines is 1. The number of thioether (sulfide) groups is 1. The molecule has 0 spiro atoms. The first-order valence-corrected chi connectivity index (χ1v) is 17.2. The van der Waals surface area contributed by atoms with Crippen molar-refractivity contribution in [2.75, 3.05) is 55.8 Å². The molecule has 0 bridgehead atoms. The van der Waals surface area contributed by atoms with Crippen LogP contribution in [-0.4, -0.2) is 81.2 Å². The zero-order valence-electron chi connectivity index (χ0n) is 23.9. The van der Waals surface area contributed by atoms with Gasteiger partial charge in [0.2, 0.25) is 9.84 Å². The molecule has 0 N–H and O–H groups in total. The monoisotopic (exact) mass is 597 g/mol. The van der Waals surface area contributed by atoms with Crippen LogP contribution < -0.4 is 9.64 Å². The van der Waals surface area contributed by atoms with Crippen molar-refractivity contribution in [1.82, 2.24) is 9.88 Å². The number of rotatable bonds is 10. The molecule has 2 aromatic carbocycles. The second kappa shape index (κ2) is 13.4. The van der Waals surface area contributed by atoms with Gasteiger partial charge in [0.15, 0.2) is 0 Å². The third-order valence-corrected chi connectivity index (χ3v) is 10.6.